The molecule has 0 aliphatic carbocycles. The molecule has 0 saturated carbocycles. The molecule has 1 heterocycles. The van der Waals surface area contributed by atoms with E-state index in [1.165, 1.54) is 6.07 Å². The van der Waals surface area contributed by atoms with Gasteiger partial charge in [-0.1, -0.05) is 48.5 Å². The van der Waals surface area contributed by atoms with Crippen LogP contribution in [-0.4, -0.2) is 23.3 Å². The topological polar surface area (TPSA) is 49.4 Å². The number of halogens is 1. The Morgan fingerprint density at radius 2 is 1.88 bits per heavy atom. The van der Waals surface area contributed by atoms with E-state index in [0.717, 1.165) is 5.56 Å². The van der Waals surface area contributed by atoms with Crippen molar-refractivity contribution in [1.82, 2.24) is 10.2 Å². The molecule has 3 rings (SSSR count). The second-order valence-electron chi connectivity index (χ2n) is 6.34. The molecule has 2 unspecified atom stereocenters. The van der Waals surface area contributed by atoms with E-state index in [0.29, 0.717) is 12.1 Å². The Morgan fingerprint density at radius 1 is 1.20 bits per heavy atom. The van der Waals surface area contributed by atoms with Gasteiger partial charge in [0.05, 0.1) is 12.0 Å². The van der Waals surface area contributed by atoms with Crippen molar-refractivity contribution in [3.05, 3.63) is 71.5 Å². The van der Waals surface area contributed by atoms with Gasteiger partial charge in [-0.3, -0.25) is 9.59 Å². The Labute approximate surface area is 146 Å². The van der Waals surface area contributed by atoms with Crippen molar-refractivity contribution in [1.29, 1.82) is 0 Å². The summed E-state index contributed by atoms with van der Waals surface area (Å²) in [7, 11) is 0. The van der Waals surface area contributed by atoms with Gasteiger partial charge in [0, 0.05) is 25.1 Å². The summed E-state index contributed by atoms with van der Waals surface area (Å²) in [4.78, 5) is 26.4. The van der Waals surface area contributed by atoms with Gasteiger partial charge >= 0.3 is 0 Å². The fourth-order valence-electron chi connectivity index (χ4n) is 3.16. The van der Waals surface area contributed by atoms with E-state index >= 15 is 0 Å². The molecular formula is C20H21FN2O2. The summed E-state index contributed by atoms with van der Waals surface area (Å²) in [5, 5.41) is 2.74. The number of hydrogen-bond acceptors (Lipinski definition) is 2. The number of nitrogens with one attached hydrogen (secondary N) is 1. The molecule has 2 amide bonds. The fraction of sp³-hybridized carbons (Fsp3) is 0.300. The lowest BCUT2D eigenvalue weighted by molar-refractivity contribution is -0.130. The Hall–Kier alpha value is -2.69. The number of rotatable bonds is 5. The van der Waals surface area contributed by atoms with E-state index in [2.05, 4.69) is 5.32 Å². The van der Waals surface area contributed by atoms with Crippen molar-refractivity contribution in [2.24, 2.45) is 5.92 Å². The Balaban J connectivity index is 1.60. The van der Waals surface area contributed by atoms with Crippen molar-refractivity contribution in [2.45, 2.75) is 25.9 Å². The summed E-state index contributed by atoms with van der Waals surface area (Å²) in [6.07, 6.45) is 0.195. The quantitative estimate of drug-likeness (QED) is 0.909. The van der Waals surface area contributed by atoms with E-state index in [1.807, 2.05) is 37.3 Å². The maximum atomic E-state index is 13.6. The zero-order valence-corrected chi connectivity index (χ0v) is 14.1. The van der Waals surface area contributed by atoms with Crippen molar-refractivity contribution in [3.8, 4) is 0 Å². The molecule has 0 radical (unpaired) electrons. The third kappa shape index (κ3) is 3.87. The largest absolute Gasteiger partial charge is 0.352 e. The lowest BCUT2D eigenvalue weighted by Gasteiger charge is -2.25. The first-order valence-corrected chi connectivity index (χ1v) is 8.42. The van der Waals surface area contributed by atoms with Gasteiger partial charge < -0.3 is 10.2 Å². The van der Waals surface area contributed by atoms with Crippen LogP contribution in [0, 0.1) is 11.7 Å². The van der Waals surface area contributed by atoms with Crippen LogP contribution in [0.15, 0.2) is 54.6 Å². The minimum Gasteiger partial charge on any atom is -0.352 e. The second kappa shape index (κ2) is 7.47. The number of hydrogen-bond donors (Lipinski definition) is 1. The number of nitrogens with zero attached hydrogens (tertiary/aromatic N) is 1. The highest BCUT2D eigenvalue weighted by molar-refractivity contribution is 5.89. The van der Waals surface area contributed by atoms with Crippen molar-refractivity contribution < 1.29 is 14.0 Å². The van der Waals surface area contributed by atoms with Crippen LogP contribution in [-0.2, 0) is 16.1 Å². The number of likely N-dealkylation sites (tertiary alicyclic amines) is 1. The summed E-state index contributed by atoms with van der Waals surface area (Å²) in [6.45, 7) is 2.48. The minimum absolute atomic E-state index is 0.0256. The number of benzene rings is 2. The molecule has 25 heavy (non-hydrogen) atoms. The van der Waals surface area contributed by atoms with E-state index in [1.54, 1.807) is 23.1 Å². The minimum atomic E-state index is -0.398. The van der Waals surface area contributed by atoms with Crippen LogP contribution in [0.5, 0.6) is 0 Å². The standard InChI is InChI=1S/C20H21FN2O2/c1-14(15-7-3-2-4-8-15)23-13-17(11-19(23)24)20(25)22-12-16-9-5-6-10-18(16)21/h2-10,14,17H,11-13H2,1H3,(H,22,25). The molecule has 5 heteroatoms. The van der Waals surface area contributed by atoms with Crippen LogP contribution in [0.25, 0.3) is 0 Å². The first-order valence-electron chi connectivity index (χ1n) is 8.42. The zero-order valence-electron chi connectivity index (χ0n) is 14.1. The molecule has 0 aromatic heterocycles. The summed E-state index contributed by atoms with van der Waals surface area (Å²) in [5.41, 5.74) is 1.48. The first kappa shape index (κ1) is 17.1. The van der Waals surface area contributed by atoms with Gasteiger partial charge in [-0.05, 0) is 18.6 Å². The summed E-state index contributed by atoms with van der Waals surface area (Å²) >= 11 is 0. The molecule has 130 valence electrons. The molecule has 0 bridgehead atoms. The second-order valence-corrected chi connectivity index (χ2v) is 6.34. The summed E-state index contributed by atoms with van der Waals surface area (Å²) < 4.78 is 13.6. The molecule has 1 fully saturated rings. The predicted octanol–water partition coefficient (Wildman–Crippen LogP) is 3.05. The zero-order chi connectivity index (χ0) is 17.8. The molecule has 2 aromatic carbocycles. The highest BCUT2D eigenvalue weighted by atomic mass is 19.1. The van der Waals surface area contributed by atoms with Gasteiger partial charge in [0.1, 0.15) is 5.82 Å². The monoisotopic (exact) mass is 340 g/mol. The maximum absolute atomic E-state index is 13.6. The molecule has 1 aliphatic rings. The van der Waals surface area contributed by atoms with E-state index in [4.69, 9.17) is 0 Å². The average molecular weight is 340 g/mol. The highest BCUT2D eigenvalue weighted by Gasteiger charge is 2.36. The Kier molecular flexibility index (Phi) is 5.12. The first-order chi connectivity index (χ1) is 12.1. The Morgan fingerprint density at radius 3 is 2.60 bits per heavy atom. The third-order valence-electron chi connectivity index (χ3n) is 4.69. The summed E-state index contributed by atoms with van der Waals surface area (Å²) in [6, 6.07) is 16.0. The average Bonchev–Trinajstić information content (AvgIpc) is 3.03. The summed E-state index contributed by atoms with van der Waals surface area (Å²) in [5.74, 6) is -0.975. The van der Waals surface area contributed by atoms with E-state index in [9.17, 15) is 14.0 Å². The van der Waals surface area contributed by atoms with Crippen LogP contribution >= 0.6 is 0 Å². The van der Waals surface area contributed by atoms with Crippen LogP contribution in [0.2, 0.25) is 0 Å². The lowest BCUT2D eigenvalue weighted by atomic mass is 10.1. The van der Waals surface area contributed by atoms with Crippen molar-refractivity contribution >= 4 is 11.8 Å². The van der Waals surface area contributed by atoms with Gasteiger partial charge in [-0.15, -0.1) is 0 Å². The fourth-order valence-corrected chi connectivity index (χ4v) is 3.16. The third-order valence-corrected chi connectivity index (χ3v) is 4.69. The smallest absolute Gasteiger partial charge is 0.225 e. The Bertz CT molecular complexity index is 763. The predicted molar refractivity (Wildman–Crippen MR) is 92.9 cm³/mol. The van der Waals surface area contributed by atoms with Gasteiger partial charge in [0.15, 0.2) is 0 Å². The maximum Gasteiger partial charge on any atom is 0.225 e. The molecule has 1 N–H and O–H groups in total. The SMILES string of the molecule is CC(c1ccccc1)N1CC(C(=O)NCc2ccccc2F)CC1=O. The van der Waals surface area contributed by atoms with E-state index in [-0.39, 0.29) is 36.6 Å². The van der Waals surface area contributed by atoms with Crippen molar-refractivity contribution in [2.75, 3.05) is 6.54 Å². The number of carbonyl (C=O) groups excluding carboxylic acids is 2. The van der Waals surface area contributed by atoms with E-state index < -0.39 is 5.92 Å². The van der Waals surface area contributed by atoms with Crippen LogP contribution < -0.4 is 5.32 Å². The van der Waals surface area contributed by atoms with Gasteiger partial charge in [0.25, 0.3) is 0 Å². The number of amides is 2. The molecule has 0 spiro atoms. The molecule has 2 atom stereocenters. The normalized spacial score (nSPS) is 18.2. The molecule has 4 nitrogen and oxygen atoms in total. The van der Waals surface area contributed by atoms with Crippen LogP contribution in [0.4, 0.5) is 4.39 Å². The van der Waals surface area contributed by atoms with Crippen LogP contribution in [0.3, 0.4) is 0 Å². The van der Waals surface area contributed by atoms with Gasteiger partial charge in [-0.25, -0.2) is 4.39 Å². The van der Waals surface area contributed by atoms with Gasteiger partial charge in [0.2, 0.25) is 11.8 Å². The highest BCUT2D eigenvalue weighted by Crippen LogP contribution is 2.28. The van der Waals surface area contributed by atoms with Crippen LogP contribution in [0.1, 0.15) is 30.5 Å². The van der Waals surface area contributed by atoms with Crippen molar-refractivity contribution in [3.63, 3.8) is 0 Å². The molecule has 2 aromatic rings. The van der Waals surface area contributed by atoms with Gasteiger partial charge in [-0.2, -0.15) is 0 Å². The molecule has 1 aliphatic heterocycles. The lowest BCUT2D eigenvalue weighted by Crippen LogP contribution is -2.33. The number of carbonyl (C=O) groups is 2. The molecule has 1 saturated heterocycles. The molecular weight excluding hydrogens is 319 g/mol.